The van der Waals surface area contributed by atoms with Gasteiger partial charge in [-0.15, -0.1) is 0 Å². The maximum atomic E-state index is 5.33. The summed E-state index contributed by atoms with van der Waals surface area (Å²) in [7, 11) is 0. The van der Waals surface area contributed by atoms with Crippen molar-refractivity contribution < 1.29 is 4.74 Å². The van der Waals surface area contributed by atoms with Crippen LogP contribution >= 0.6 is 0 Å². The molecule has 1 aliphatic rings. The van der Waals surface area contributed by atoms with E-state index in [0.29, 0.717) is 0 Å². The van der Waals surface area contributed by atoms with E-state index in [1.807, 2.05) is 6.20 Å². The second-order valence-electron chi connectivity index (χ2n) is 4.64. The van der Waals surface area contributed by atoms with Crippen LogP contribution in [0.25, 0.3) is 17.0 Å². The van der Waals surface area contributed by atoms with E-state index in [0.717, 1.165) is 32.8 Å². The lowest BCUT2D eigenvalue weighted by Gasteiger charge is -2.25. The molecule has 0 bridgehead atoms. The number of aromatic nitrogens is 1. The van der Waals surface area contributed by atoms with Crippen molar-refractivity contribution in [3.05, 3.63) is 42.1 Å². The molecule has 2 heterocycles. The van der Waals surface area contributed by atoms with Gasteiger partial charge in [0, 0.05) is 31.3 Å². The van der Waals surface area contributed by atoms with E-state index in [1.165, 1.54) is 16.5 Å². The highest BCUT2D eigenvalue weighted by molar-refractivity contribution is 5.81. The lowest BCUT2D eigenvalue weighted by molar-refractivity contribution is 0.0435. The number of nitrogens with one attached hydrogen (secondary N) is 1. The molecule has 1 aliphatic heterocycles. The van der Waals surface area contributed by atoms with Crippen molar-refractivity contribution >= 4 is 17.0 Å². The second-order valence-corrected chi connectivity index (χ2v) is 4.64. The number of nitrogens with zero attached hydrogens (tertiary/aromatic N) is 1. The molecule has 2 aromatic rings. The minimum Gasteiger partial charge on any atom is -0.379 e. The normalized spacial score (nSPS) is 17.8. The number of benzene rings is 1. The van der Waals surface area contributed by atoms with Gasteiger partial charge in [-0.05, 0) is 23.1 Å². The molecule has 1 fully saturated rings. The van der Waals surface area contributed by atoms with E-state index in [1.54, 1.807) is 0 Å². The molecule has 1 aromatic heterocycles. The standard InChI is InChI=1S/C15H18N2O/c1(7-17-8-10-18-11-9-17)2-13-3-4-14-5-6-16-15(14)12-13/h1-6,12,16H,7-11H2. The van der Waals surface area contributed by atoms with Gasteiger partial charge in [-0.1, -0.05) is 24.3 Å². The Labute approximate surface area is 107 Å². The smallest absolute Gasteiger partial charge is 0.0594 e. The lowest BCUT2D eigenvalue weighted by atomic mass is 10.1. The van der Waals surface area contributed by atoms with E-state index in [2.05, 4.69) is 46.3 Å². The Morgan fingerprint density at radius 2 is 2.11 bits per heavy atom. The minimum atomic E-state index is 0.863. The fraction of sp³-hybridized carbons (Fsp3) is 0.333. The van der Waals surface area contributed by atoms with E-state index in [4.69, 9.17) is 4.74 Å². The zero-order valence-electron chi connectivity index (χ0n) is 10.4. The van der Waals surface area contributed by atoms with Crippen LogP contribution in [0.4, 0.5) is 0 Å². The van der Waals surface area contributed by atoms with E-state index in [-0.39, 0.29) is 0 Å². The number of hydrogen-bond donors (Lipinski definition) is 1. The Hall–Kier alpha value is -1.58. The van der Waals surface area contributed by atoms with Crippen LogP contribution in [0.2, 0.25) is 0 Å². The molecule has 94 valence electrons. The Kier molecular flexibility index (Phi) is 3.44. The fourth-order valence-corrected chi connectivity index (χ4v) is 2.29. The predicted molar refractivity (Wildman–Crippen MR) is 74.6 cm³/mol. The molecule has 1 N–H and O–H groups in total. The molecular weight excluding hydrogens is 224 g/mol. The second kappa shape index (κ2) is 5.38. The van der Waals surface area contributed by atoms with Gasteiger partial charge in [0.2, 0.25) is 0 Å². The van der Waals surface area contributed by atoms with Gasteiger partial charge < -0.3 is 9.72 Å². The first-order valence-electron chi connectivity index (χ1n) is 6.46. The zero-order chi connectivity index (χ0) is 12.2. The molecule has 1 aromatic carbocycles. The first-order valence-corrected chi connectivity index (χ1v) is 6.46. The van der Waals surface area contributed by atoms with Crippen molar-refractivity contribution in [3.63, 3.8) is 0 Å². The van der Waals surface area contributed by atoms with Gasteiger partial charge in [-0.25, -0.2) is 0 Å². The molecule has 3 nitrogen and oxygen atoms in total. The summed E-state index contributed by atoms with van der Waals surface area (Å²) in [5.41, 5.74) is 2.45. The van der Waals surface area contributed by atoms with Crippen LogP contribution in [0.5, 0.6) is 0 Å². The summed E-state index contributed by atoms with van der Waals surface area (Å²) < 4.78 is 5.33. The van der Waals surface area contributed by atoms with Crippen molar-refractivity contribution in [2.24, 2.45) is 0 Å². The molecule has 18 heavy (non-hydrogen) atoms. The van der Waals surface area contributed by atoms with Crippen LogP contribution in [0, 0.1) is 0 Å². The summed E-state index contributed by atoms with van der Waals surface area (Å²) >= 11 is 0. The summed E-state index contributed by atoms with van der Waals surface area (Å²) in [5, 5.41) is 1.26. The van der Waals surface area contributed by atoms with Crippen LogP contribution in [-0.4, -0.2) is 42.7 Å². The van der Waals surface area contributed by atoms with Crippen LogP contribution in [0.1, 0.15) is 5.56 Å². The zero-order valence-corrected chi connectivity index (χ0v) is 10.4. The summed E-state index contributed by atoms with van der Waals surface area (Å²) in [6, 6.07) is 8.59. The molecule has 0 spiro atoms. The van der Waals surface area contributed by atoms with Gasteiger partial charge in [0.05, 0.1) is 13.2 Å². The monoisotopic (exact) mass is 242 g/mol. The maximum Gasteiger partial charge on any atom is 0.0594 e. The first kappa shape index (κ1) is 11.5. The Morgan fingerprint density at radius 1 is 1.22 bits per heavy atom. The topological polar surface area (TPSA) is 28.3 Å². The molecule has 3 heteroatoms. The number of ether oxygens (including phenoxy) is 1. The van der Waals surface area contributed by atoms with Gasteiger partial charge in [-0.2, -0.15) is 0 Å². The highest BCUT2D eigenvalue weighted by Gasteiger charge is 2.07. The van der Waals surface area contributed by atoms with Crippen molar-refractivity contribution in [1.82, 2.24) is 9.88 Å². The van der Waals surface area contributed by atoms with Gasteiger partial charge in [0.25, 0.3) is 0 Å². The summed E-state index contributed by atoms with van der Waals surface area (Å²) in [6.45, 7) is 4.82. The highest BCUT2D eigenvalue weighted by Crippen LogP contribution is 2.15. The largest absolute Gasteiger partial charge is 0.379 e. The molecule has 3 rings (SSSR count). The summed E-state index contributed by atoms with van der Waals surface area (Å²) in [4.78, 5) is 5.65. The van der Waals surface area contributed by atoms with Gasteiger partial charge >= 0.3 is 0 Å². The lowest BCUT2D eigenvalue weighted by Crippen LogP contribution is -2.36. The molecule has 0 saturated carbocycles. The number of H-pyrrole nitrogens is 1. The number of fused-ring (bicyclic) bond motifs is 1. The fourth-order valence-electron chi connectivity index (χ4n) is 2.29. The predicted octanol–water partition coefficient (Wildman–Crippen LogP) is 2.51. The maximum absolute atomic E-state index is 5.33. The molecule has 0 radical (unpaired) electrons. The number of hydrogen-bond acceptors (Lipinski definition) is 2. The molecule has 1 saturated heterocycles. The summed E-state index contributed by atoms with van der Waals surface area (Å²) in [5.74, 6) is 0. The first-order chi connectivity index (χ1) is 8.92. The summed E-state index contributed by atoms with van der Waals surface area (Å²) in [6.07, 6.45) is 6.40. The molecule has 0 aliphatic carbocycles. The number of rotatable bonds is 3. The van der Waals surface area contributed by atoms with E-state index in [9.17, 15) is 0 Å². The van der Waals surface area contributed by atoms with E-state index >= 15 is 0 Å². The van der Waals surface area contributed by atoms with Crippen LogP contribution in [-0.2, 0) is 4.74 Å². The van der Waals surface area contributed by atoms with Crippen LogP contribution in [0.15, 0.2) is 36.5 Å². The third-order valence-corrected chi connectivity index (χ3v) is 3.36. The van der Waals surface area contributed by atoms with Crippen molar-refractivity contribution in [1.29, 1.82) is 0 Å². The Morgan fingerprint density at radius 3 is 3.00 bits per heavy atom. The number of morpholine rings is 1. The molecule has 0 atom stereocenters. The average Bonchev–Trinajstić information content (AvgIpc) is 2.87. The van der Waals surface area contributed by atoms with Crippen molar-refractivity contribution in [2.45, 2.75) is 0 Å². The average molecular weight is 242 g/mol. The molecule has 0 amide bonds. The van der Waals surface area contributed by atoms with Crippen LogP contribution in [0.3, 0.4) is 0 Å². The third-order valence-electron chi connectivity index (χ3n) is 3.36. The molecule has 0 unspecified atom stereocenters. The quantitative estimate of drug-likeness (QED) is 0.895. The Balaban J connectivity index is 1.63. The van der Waals surface area contributed by atoms with Crippen molar-refractivity contribution in [3.8, 4) is 0 Å². The highest BCUT2D eigenvalue weighted by atomic mass is 16.5. The van der Waals surface area contributed by atoms with Crippen LogP contribution < -0.4 is 0 Å². The molecular formula is C15H18N2O. The van der Waals surface area contributed by atoms with Gasteiger partial charge in [-0.3, -0.25) is 4.90 Å². The van der Waals surface area contributed by atoms with Gasteiger partial charge in [0.1, 0.15) is 0 Å². The van der Waals surface area contributed by atoms with Gasteiger partial charge in [0.15, 0.2) is 0 Å². The Bertz CT molecular complexity index is 538. The number of aromatic amines is 1. The SMILES string of the molecule is C(=Cc1ccc2cc[nH]c2c1)CN1CCOCC1. The van der Waals surface area contributed by atoms with Crippen molar-refractivity contribution in [2.75, 3.05) is 32.8 Å². The van der Waals surface area contributed by atoms with E-state index < -0.39 is 0 Å². The third kappa shape index (κ3) is 2.63. The minimum absolute atomic E-state index is 0.863.